The van der Waals surface area contributed by atoms with Crippen molar-refractivity contribution in [3.63, 3.8) is 0 Å². The number of carbonyl (C=O) groups is 1. The Morgan fingerprint density at radius 2 is 2.00 bits per heavy atom. The summed E-state index contributed by atoms with van der Waals surface area (Å²) in [6, 6.07) is 12.4. The second-order valence-corrected chi connectivity index (χ2v) is 8.74. The summed E-state index contributed by atoms with van der Waals surface area (Å²) in [5, 5.41) is 6.45. The summed E-state index contributed by atoms with van der Waals surface area (Å²) in [5.41, 5.74) is 3.67. The van der Waals surface area contributed by atoms with Crippen molar-refractivity contribution < 1.29 is 27.1 Å². The number of alkyl halides is 3. The number of para-hydroxylation sites is 2. The largest absolute Gasteiger partial charge is 0.490 e. The van der Waals surface area contributed by atoms with Gasteiger partial charge in [0.25, 0.3) is 0 Å². The van der Waals surface area contributed by atoms with E-state index in [2.05, 4.69) is 30.6 Å². The van der Waals surface area contributed by atoms with Crippen LogP contribution in [0, 0.1) is 12.7 Å². The zero-order chi connectivity index (χ0) is 26.6. The summed E-state index contributed by atoms with van der Waals surface area (Å²) < 4.78 is 59.4. The third-order valence-corrected chi connectivity index (χ3v) is 6.27. The van der Waals surface area contributed by atoms with Crippen molar-refractivity contribution >= 4 is 39.5 Å². The third kappa shape index (κ3) is 4.10. The van der Waals surface area contributed by atoms with E-state index in [0.717, 1.165) is 6.20 Å². The summed E-state index contributed by atoms with van der Waals surface area (Å²) in [6.45, 7) is 2.08. The van der Waals surface area contributed by atoms with E-state index in [1.807, 2.05) is 24.3 Å². The van der Waals surface area contributed by atoms with Crippen LogP contribution < -0.4 is 10.6 Å². The quantitative estimate of drug-likeness (QED) is 0.230. The van der Waals surface area contributed by atoms with E-state index in [4.69, 9.17) is 4.74 Å². The summed E-state index contributed by atoms with van der Waals surface area (Å²) >= 11 is 0. The Morgan fingerprint density at radius 1 is 1.18 bits per heavy atom. The normalized spacial score (nSPS) is 15.6. The molecule has 1 aliphatic heterocycles. The van der Waals surface area contributed by atoms with Crippen LogP contribution in [0.3, 0.4) is 0 Å². The second-order valence-electron chi connectivity index (χ2n) is 8.74. The maximum Gasteiger partial charge on any atom is 0.490 e. The molecular formula is C25H19F4N7O2. The predicted molar refractivity (Wildman–Crippen MR) is 130 cm³/mol. The van der Waals surface area contributed by atoms with E-state index in [1.165, 1.54) is 0 Å². The molecule has 0 amide bonds. The summed E-state index contributed by atoms with van der Waals surface area (Å²) in [4.78, 5) is 27.5. The first-order valence-corrected chi connectivity index (χ1v) is 11.6. The number of carbonyl (C=O) groups excluding carboxylic acids is 1. The Morgan fingerprint density at radius 3 is 2.82 bits per heavy atom. The highest BCUT2D eigenvalue weighted by Crippen LogP contribution is 2.35. The number of nitrogens with one attached hydrogen (secondary N) is 3. The van der Waals surface area contributed by atoms with Gasteiger partial charge in [0.1, 0.15) is 5.82 Å². The molecule has 3 aromatic heterocycles. The average molecular weight is 525 g/mol. The second kappa shape index (κ2) is 8.80. The van der Waals surface area contributed by atoms with Crippen LogP contribution in [-0.4, -0.2) is 43.2 Å². The molecule has 4 heterocycles. The van der Waals surface area contributed by atoms with Crippen molar-refractivity contribution in [3.8, 4) is 5.82 Å². The number of esters is 1. The van der Waals surface area contributed by atoms with Gasteiger partial charge in [0.2, 0.25) is 5.95 Å². The minimum absolute atomic E-state index is 0.0329. The van der Waals surface area contributed by atoms with E-state index in [1.54, 1.807) is 29.7 Å². The van der Waals surface area contributed by atoms with Crippen LogP contribution >= 0.6 is 0 Å². The fourth-order valence-corrected chi connectivity index (χ4v) is 4.67. The fraction of sp³-hybridized carbons (Fsp3) is 0.200. The van der Waals surface area contributed by atoms with Crippen molar-refractivity contribution in [2.24, 2.45) is 0 Å². The van der Waals surface area contributed by atoms with Gasteiger partial charge >= 0.3 is 12.1 Å². The number of H-pyrrole nitrogens is 1. The number of aromatic amines is 1. The molecule has 1 atom stereocenters. The first kappa shape index (κ1) is 23.9. The van der Waals surface area contributed by atoms with Gasteiger partial charge in [-0.05, 0) is 31.2 Å². The van der Waals surface area contributed by atoms with Gasteiger partial charge in [-0.1, -0.05) is 18.2 Å². The Kier molecular flexibility index (Phi) is 5.52. The van der Waals surface area contributed by atoms with Gasteiger partial charge in [-0.3, -0.25) is 9.88 Å². The standard InChI is InChI=1S/C25H19F4N7O2/c1-12-32-16-4-2-3-5-19(16)36(12)21-15(26)11-31-24(35-21)33-13-6-7-14-18(10-13)34-17-8-9-30-22(20(14)17)38-23(37)25(27,28)29/h2-7,10-11,22,30,34H,8-9H2,1H3,(H,31,33,35). The van der Waals surface area contributed by atoms with Crippen molar-refractivity contribution in [1.82, 2.24) is 29.8 Å². The number of imidazole rings is 1. The molecule has 2 aromatic carbocycles. The van der Waals surface area contributed by atoms with Crippen molar-refractivity contribution in [2.45, 2.75) is 25.7 Å². The molecule has 194 valence electrons. The van der Waals surface area contributed by atoms with Crippen LogP contribution in [0.25, 0.3) is 27.8 Å². The van der Waals surface area contributed by atoms with Gasteiger partial charge in [-0.25, -0.2) is 19.2 Å². The molecule has 0 aliphatic carbocycles. The molecule has 9 nitrogen and oxygen atoms in total. The van der Waals surface area contributed by atoms with Crippen LogP contribution in [0.15, 0.2) is 48.7 Å². The molecule has 5 aromatic rings. The lowest BCUT2D eigenvalue weighted by atomic mass is 10.0. The SMILES string of the molecule is Cc1nc2ccccc2n1-c1nc(Nc2ccc3c4c([nH]c3c2)CCNC4OC(=O)C(F)(F)F)ncc1F. The fourth-order valence-electron chi connectivity index (χ4n) is 4.67. The first-order chi connectivity index (χ1) is 18.2. The lowest BCUT2D eigenvalue weighted by Crippen LogP contribution is -2.36. The summed E-state index contributed by atoms with van der Waals surface area (Å²) in [7, 11) is 0. The topological polar surface area (TPSA) is 110 Å². The highest BCUT2D eigenvalue weighted by Gasteiger charge is 2.43. The van der Waals surface area contributed by atoms with Gasteiger partial charge in [-0.2, -0.15) is 18.2 Å². The van der Waals surface area contributed by atoms with Crippen molar-refractivity contribution in [2.75, 3.05) is 11.9 Å². The molecule has 0 spiro atoms. The van der Waals surface area contributed by atoms with Gasteiger partial charge in [0.05, 0.1) is 17.2 Å². The van der Waals surface area contributed by atoms with Gasteiger partial charge in [0, 0.05) is 40.8 Å². The lowest BCUT2D eigenvalue weighted by Gasteiger charge is -2.25. The van der Waals surface area contributed by atoms with Crippen LogP contribution in [0.4, 0.5) is 29.2 Å². The number of fused-ring (bicyclic) bond motifs is 4. The van der Waals surface area contributed by atoms with E-state index in [0.29, 0.717) is 57.7 Å². The molecular weight excluding hydrogens is 506 g/mol. The maximum absolute atomic E-state index is 14.8. The van der Waals surface area contributed by atoms with Crippen LogP contribution in [0.5, 0.6) is 0 Å². The molecule has 0 fully saturated rings. The molecule has 1 unspecified atom stereocenters. The van der Waals surface area contributed by atoms with Crippen molar-refractivity contribution in [3.05, 3.63) is 71.6 Å². The number of hydrogen-bond acceptors (Lipinski definition) is 7. The summed E-state index contributed by atoms with van der Waals surface area (Å²) in [5.74, 6) is -2.16. The highest BCUT2D eigenvalue weighted by molar-refractivity contribution is 5.89. The number of nitrogens with zero attached hydrogens (tertiary/aromatic N) is 4. The van der Waals surface area contributed by atoms with Gasteiger partial charge in [-0.15, -0.1) is 0 Å². The van der Waals surface area contributed by atoms with E-state index in [9.17, 15) is 22.4 Å². The monoisotopic (exact) mass is 525 g/mol. The number of halogens is 4. The number of ether oxygens (including phenoxy) is 1. The third-order valence-electron chi connectivity index (χ3n) is 6.27. The van der Waals surface area contributed by atoms with E-state index < -0.39 is 24.2 Å². The molecule has 13 heteroatoms. The molecule has 0 saturated heterocycles. The molecule has 0 bridgehead atoms. The first-order valence-electron chi connectivity index (χ1n) is 11.6. The highest BCUT2D eigenvalue weighted by atomic mass is 19.4. The predicted octanol–water partition coefficient (Wildman–Crippen LogP) is 4.74. The zero-order valence-electron chi connectivity index (χ0n) is 19.7. The van der Waals surface area contributed by atoms with Crippen LogP contribution in [0.1, 0.15) is 23.3 Å². The molecule has 6 rings (SSSR count). The van der Waals surface area contributed by atoms with Crippen LogP contribution in [0.2, 0.25) is 0 Å². The number of rotatable bonds is 4. The Balaban J connectivity index is 1.32. The van der Waals surface area contributed by atoms with E-state index >= 15 is 0 Å². The number of benzene rings is 2. The number of hydrogen-bond donors (Lipinski definition) is 3. The van der Waals surface area contributed by atoms with Gasteiger partial charge < -0.3 is 15.0 Å². The molecule has 1 aliphatic rings. The average Bonchev–Trinajstić information content (AvgIpc) is 3.41. The molecule has 3 N–H and O–H groups in total. The summed E-state index contributed by atoms with van der Waals surface area (Å²) in [6.07, 6.45) is -4.76. The van der Waals surface area contributed by atoms with Crippen molar-refractivity contribution in [1.29, 1.82) is 0 Å². The Labute approximate surface area is 211 Å². The Hall–Kier alpha value is -4.52. The van der Waals surface area contributed by atoms with Gasteiger partial charge in [0.15, 0.2) is 17.9 Å². The smallest absolute Gasteiger partial charge is 0.435 e. The number of aromatic nitrogens is 5. The minimum atomic E-state index is -5.10. The minimum Gasteiger partial charge on any atom is -0.435 e. The van der Waals surface area contributed by atoms with E-state index in [-0.39, 0.29) is 11.8 Å². The molecule has 0 radical (unpaired) electrons. The number of aryl methyl sites for hydroxylation is 1. The molecule has 0 saturated carbocycles. The zero-order valence-corrected chi connectivity index (χ0v) is 19.7. The molecule has 38 heavy (non-hydrogen) atoms. The van der Waals surface area contributed by atoms with Crippen LogP contribution in [-0.2, 0) is 16.0 Å². The number of anilines is 2. The Bertz CT molecular complexity index is 1710. The maximum atomic E-state index is 14.8. The lowest BCUT2D eigenvalue weighted by molar-refractivity contribution is -0.207.